The maximum Gasteiger partial charge on any atom is 0.146 e. The summed E-state index contributed by atoms with van der Waals surface area (Å²) in [7, 11) is 0. The van der Waals surface area contributed by atoms with Gasteiger partial charge in [0.25, 0.3) is 0 Å². The summed E-state index contributed by atoms with van der Waals surface area (Å²) in [6.45, 7) is 0.520. The number of anilines is 1. The fourth-order valence-corrected chi connectivity index (χ4v) is 2.39. The molecule has 3 nitrogen and oxygen atoms in total. The Morgan fingerprint density at radius 1 is 1.05 bits per heavy atom. The number of nitrogens with two attached hydrogens (primary N) is 1. The average molecular weight is 376 g/mol. The molecule has 0 saturated carbocycles. The van der Waals surface area contributed by atoms with Crippen LogP contribution in [0.3, 0.4) is 0 Å². The summed E-state index contributed by atoms with van der Waals surface area (Å²) in [5.74, 6) is 0.758. The number of hydrogen-bond donors (Lipinski definition) is 1. The highest BCUT2D eigenvalue weighted by molar-refractivity contribution is 14.1. The van der Waals surface area contributed by atoms with Gasteiger partial charge >= 0.3 is 0 Å². The monoisotopic (exact) mass is 376 g/mol. The van der Waals surface area contributed by atoms with E-state index in [0.29, 0.717) is 6.61 Å². The van der Waals surface area contributed by atoms with Gasteiger partial charge in [0.05, 0.1) is 0 Å². The van der Waals surface area contributed by atoms with Gasteiger partial charge in [0.15, 0.2) is 0 Å². The molecule has 100 valence electrons. The van der Waals surface area contributed by atoms with Crippen molar-refractivity contribution in [3.63, 3.8) is 0 Å². The standard InChI is InChI=1S/C16H13IN2O/c17-12-5-3-11(4-6-12)10-20-15-8-7-14(18)13-2-1-9-19-16(13)15/h1-9H,10,18H2. The van der Waals surface area contributed by atoms with E-state index in [0.717, 1.165) is 27.9 Å². The summed E-state index contributed by atoms with van der Waals surface area (Å²) in [5.41, 5.74) is 8.60. The number of aromatic nitrogens is 1. The zero-order valence-electron chi connectivity index (χ0n) is 10.7. The molecule has 0 aliphatic rings. The molecule has 1 aromatic heterocycles. The van der Waals surface area contributed by atoms with Crippen molar-refractivity contribution >= 4 is 39.2 Å². The zero-order chi connectivity index (χ0) is 13.9. The first kappa shape index (κ1) is 13.2. The summed E-state index contributed by atoms with van der Waals surface area (Å²) in [5, 5.41) is 0.924. The third-order valence-corrected chi connectivity index (χ3v) is 3.79. The molecule has 0 aliphatic heterocycles. The third kappa shape index (κ3) is 2.70. The first-order valence-electron chi connectivity index (χ1n) is 6.24. The molecule has 2 N–H and O–H groups in total. The number of fused-ring (bicyclic) bond motifs is 1. The van der Waals surface area contributed by atoms with Crippen molar-refractivity contribution in [3.8, 4) is 5.75 Å². The molecule has 0 bridgehead atoms. The van der Waals surface area contributed by atoms with Crippen LogP contribution >= 0.6 is 22.6 Å². The summed E-state index contributed by atoms with van der Waals surface area (Å²) in [6, 6.07) is 15.8. The van der Waals surface area contributed by atoms with E-state index in [1.165, 1.54) is 3.57 Å². The number of hydrogen-bond acceptors (Lipinski definition) is 3. The lowest BCUT2D eigenvalue weighted by Crippen LogP contribution is -1.98. The quantitative estimate of drug-likeness (QED) is 0.555. The Kier molecular flexibility index (Phi) is 3.73. The van der Waals surface area contributed by atoms with Crippen LogP contribution in [0.1, 0.15) is 5.56 Å². The molecule has 3 aromatic rings. The van der Waals surface area contributed by atoms with Crippen LogP contribution < -0.4 is 10.5 Å². The third-order valence-electron chi connectivity index (χ3n) is 3.07. The highest BCUT2D eigenvalue weighted by Gasteiger charge is 2.06. The molecule has 0 amide bonds. The summed E-state index contributed by atoms with van der Waals surface area (Å²) < 4.78 is 7.09. The van der Waals surface area contributed by atoms with Crippen LogP contribution in [0.2, 0.25) is 0 Å². The molecule has 3 rings (SSSR count). The van der Waals surface area contributed by atoms with Gasteiger partial charge in [0.1, 0.15) is 17.9 Å². The normalized spacial score (nSPS) is 10.7. The fourth-order valence-electron chi connectivity index (χ4n) is 2.03. The van der Waals surface area contributed by atoms with Crippen LogP contribution in [0, 0.1) is 3.57 Å². The number of benzene rings is 2. The maximum atomic E-state index is 5.95. The van der Waals surface area contributed by atoms with Gasteiger partial charge in [0.2, 0.25) is 0 Å². The van der Waals surface area contributed by atoms with E-state index in [-0.39, 0.29) is 0 Å². The van der Waals surface area contributed by atoms with Crippen LogP contribution in [0.4, 0.5) is 5.69 Å². The van der Waals surface area contributed by atoms with E-state index in [1.54, 1.807) is 6.20 Å². The van der Waals surface area contributed by atoms with Crippen molar-refractivity contribution in [2.45, 2.75) is 6.61 Å². The Morgan fingerprint density at radius 2 is 1.85 bits per heavy atom. The van der Waals surface area contributed by atoms with Gasteiger partial charge in [-0.15, -0.1) is 0 Å². The number of halogens is 1. The molecule has 0 atom stereocenters. The molecule has 0 saturated heterocycles. The Hall–Kier alpha value is -1.82. The lowest BCUT2D eigenvalue weighted by molar-refractivity contribution is 0.309. The van der Waals surface area contributed by atoms with Crippen molar-refractivity contribution in [2.75, 3.05) is 5.73 Å². The van der Waals surface area contributed by atoms with Crippen LogP contribution in [-0.2, 0) is 6.61 Å². The van der Waals surface area contributed by atoms with Crippen molar-refractivity contribution in [2.24, 2.45) is 0 Å². The molecule has 2 aromatic carbocycles. The van der Waals surface area contributed by atoms with Gasteiger partial charge < -0.3 is 10.5 Å². The summed E-state index contributed by atoms with van der Waals surface area (Å²) >= 11 is 2.29. The van der Waals surface area contributed by atoms with E-state index < -0.39 is 0 Å². The SMILES string of the molecule is Nc1ccc(OCc2ccc(I)cc2)c2ncccc12. The highest BCUT2D eigenvalue weighted by Crippen LogP contribution is 2.28. The van der Waals surface area contributed by atoms with Gasteiger partial charge in [0, 0.05) is 20.8 Å². The topological polar surface area (TPSA) is 48.1 Å². The molecule has 0 spiro atoms. The maximum absolute atomic E-state index is 5.95. The molecule has 0 aliphatic carbocycles. The minimum absolute atomic E-state index is 0.520. The molecule has 1 heterocycles. The molecule has 0 radical (unpaired) electrons. The Morgan fingerprint density at radius 3 is 2.65 bits per heavy atom. The number of nitrogen functional groups attached to an aromatic ring is 1. The minimum Gasteiger partial charge on any atom is -0.487 e. The summed E-state index contributed by atoms with van der Waals surface area (Å²) in [4.78, 5) is 4.36. The molecule has 20 heavy (non-hydrogen) atoms. The Balaban J connectivity index is 1.88. The van der Waals surface area contributed by atoms with E-state index in [1.807, 2.05) is 24.3 Å². The lowest BCUT2D eigenvalue weighted by Gasteiger charge is -2.10. The lowest BCUT2D eigenvalue weighted by atomic mass is 10.1. The number of pyridine rings is 1. The van der Waals surface area contributed by atoms with Gasteiger partial charge in [-0.3, -0.25) is 4.98 Å². The first-order valence-corrected chi connectivity index (χ1v) is 7.32. The molecular weight excluding hydrogens is 363 g/mol. The second-order valence-electron chi connectivity index (χ2n) is 4.47. The minimum atomic E-state index is 0.520. The van der Waals surface area contributed by atoms with E-state index in [2.05, 4.69) is 51.8 Å². The van der Waals surface area contributed by atoms with Crippen LogP contribution in [0.15, 0.2) is 54.7 Å². The van der Waals surface area contributed by atoms with Gasteiger partial charge in [-0.25, -0.2) is 0 Å². The Labute approximate surface area is 130 Å². The predicted octanol–water partition coefficient (Wildman–Crippen LogP) is 4.00. The predicted molar refractivity (Wildman–Crippen MR) is 89.6 cm³/mol. The second-order valence-corrected chi connectivity index (χ2v) is 5.71. The van der Waals surface area contributed by atoms with Crippen LogP contribution in [0.5, 0.6) is 5.75 Å². The smallest absolute Gasteiger partial charge is 0.146 e. The molecule has 4 heteroatoms. The Bertz CT molecular complexity index is 741. The van der Waals surface area contributed by atoms with Crippen LogP contribution in [0.25, 0.3) is 10.9 Å². The van der Waals surface area contributed by atoms with Crippen molar-refractivity contribution in [1.29, 1.82) is 0 Å². The fraction of sp³-hybridized carbons (Fsp3) is 0.0625. The van der Waals surface area contributed by atoms with Gasteiger partial charge in [-0.1, -0.05) is 12.1 Å². The molecule has 0 unspecified atom stereocenters. The average Bonchev–Trinajstić information content (AvgIpc) is 2.49. The van der Waals surface area contributed by atoms with Gasteiger partial charge in [-0.2, -0.15) is 0 Å². The van der Waals surface area contributed by atoms with Crippen molar-refractivity contribution in [3.05, 3.63) is 63.9 Å². The largest absolute Gasteiger partial charge is 0.487 e. The first-order chi connectivity index (χ1) is 9.74. The highest BCUT2D eigenvalue weighted by atomic mass is 127. The van der Waals surface area contributed by atoms with Gasteiger partial charge in [-0.05, 0) is 64.6 Å². The van der Waals surface area contributed by atoms with E-state index in [9.17, 15) is 0 Å². The molecular formula is C16H13IN2O. The van der Waals surface area contributed by atoms with Crippen molar-refractivity contribution < 1.29 is 4.74 Å². The number of rotatable bonds is 3. The number of nitrogens with zero attached hydrogens (tertiary/aromatic N) is 1. The summed E-state index contributed by atoms with van der Waals surface area (Å²) in [6.07, 6.45) is 1.75. The van der Waals surface area contributed by atoms with Crippen LogP contribution in [-0.4, -0.2) is 4.98 Å². The second kappa shape index (κ2) is 5.66. The van der Waals surface area contributed by atoms with Crippen molar-refractivity contribution in [1.82, 2.24) is 4.98 Å². The van der Waals surface area contributed by atoms with E-state index in [4.69, 9.17) is 10.5 Å². The zero-order valence-corrected chi connectivity index (χ0v) is 12.9. The van der Waals surface area contributed by atoms with E-state index >= 15 is 0 Å². The number of ether oxygens (including phenoxy) is 1. The molecule has 0 fully saturated rings.